The van der Waals surface area contributed by atoms with Gasteiger partial charge in [0.15, 0.2) is 0 Å². The first-order valence-electron chi connectivity index (χ1n) is 8.73. The maximum absolute atomic E-state index is 3.74. The monoisotopic (exact) mass is 268 g/mol. The van der Waals surface area contributed by atoms with Gasteiger partial charge in [0.1, 0.15) is 0 Å². The Morgan fingerprint density at radius 3 is 2.58 bits per heavy atom. The molecular weight excluding hydrogens is 232 g/mol. The molecule has 1 aliphatic heterocycles. The van der Waals surface area contributed by atoms with Crippen LogP contribution in [0.4, 0.5) is 0 Å². The quantitative estimate of drug-likeness (QED) is 0.635. The van der Waals surface area contributed by atoms with E-state index in [0.717, 1.165) is 5.92 Å². The summed E-state index contributed by atoms with van der Waals surface area (Å²) in [6.07, 6.45) is 11.1. The average Bonchev–Trinajstić information content (AvgIpc) is 2.67. The van der Waals surface area contributed by atoms with Crippen LogP contribution >= 0.6 is 0 Å². The first kappa shape index (κ1) is 17.0. The first-order valence-corrected chi connectivity index (χ1v) is 8.73. The molecule has 114 valence electrons. The number of nitrogens with zero attached hydrogens (tertiary/aromatic N) is 1. The van der Waals surface area contributed by atoms with Gasteiger partial charge < -0.3 is 10.2 Å². The van der Waals surface area contributed by atoms with Crippen LogP contribution in [0.15, 0.2) is 0 Å². The molecule has 0 radical (unpaired) electrons. The summed E-state index contributed by atoms with van der Waals surface area (Å²) in [4.78, 5) is 2.71. The molecule has 1 aliphatic rings. The van der Waals surface area contributed by atoms with Crippen molar-refractivity contribution in [2.24, 2.45) is 5.92 Å². The average molecular weight is 268 g/mol. The normalized spacial score (nSPS) is 23.2. The summed E-state index contributed by atoms with van der Waals surface area (Å²) >= 11 is 0. The molecule has 19 heavy (non-hydrogen) atoms. The lowest BCUT2D eigenvalue weighted by Crippen LogP contribution is -2.42. The zero-order chi connectivity index (χ0) is 13.9. The molecule has 0 bridgehead atoms. The minimum absolute atomic E-state index is 0.715. The summed E-state index contributed by atoms with van der Waals surface area (Å²) in [6.45, 7) is 12.1. The smallest absolute Gasteiger partial charge is 0.0220 e. The van der Waals surface area contributed by atoms with Gasteiger partial charge in [-0.25, -0.2) is 0 Å². The summed E-state index contributed by atoms with van der Waals surface area (Å²) in [6, 6.07) is 0.715. The molecule has 1 rings (SSSR count). The Morgan fingerprint density at radius 2 is 1.84 bits per heavy atom. The minimum Gasteiger partial charge on any atom is -0.312 e. The highest BCUT2D eigenvalue weighted by Gasteiger charge is 2.21. The van der Waals surface area contributed by atoms with E-state index in [4.69, 9.17) is 0 Å². The molecule has 2 nitrogen and oxygen atoms in total. The van der Waals surface area contributed by atoms with Crippen molar-refractivity contribution >= 4 is 0 Å². The maximum atomic E-state index is 3.74. The van der Waals surface area contributed by atoms with Crippen LogP contribution in [0.3, 0.4) is 0 Å². The molecule has 2 atom stereocenters. The second-order valence-electron chi connectivity index (χ2n) is 6.37. The summed E-state index contributed by atoms with van der Waals surface area (Å²) in [5.74, 6) is 0.810. The summed E-state index contributed by atoms with van der Waals surface area (Å²) in [5.41, 5.74) is 0. The third-order valence-electron chi connectivity index (χ3n) is 4.67. The zero-order valence-electron chi connectivity index (χ0n) is 13.6. The van der Waals surface area contributed by atoms with Crippen molar-refractivity contribution in [3.05, 3.63) is 0 Å². The van der Waals surface area contributed by atoms with Crippen LogP contribution in [-0.2, 0) is 0 Å². The summed E-state index contributed by atoms with van der Waals surface area (Å²) < 4.78 is 0. The molecule has 0 aromatic heterocycles. The largest absolute Gasteiger partial charge is 0.312 e. The van der Waals surface area contributed by atoms with Crippen LogP contribution in [0.25, 0.3) is 0 Å². The van der Waals surface area contributed by atoms with Gasteiger partial charge in [0, 0.05) is 12.6 Å². The first-order chi connectivity index (χ1) is 9.27. The Hall–Kier alpha value is -0.0800. The van der Waals surface area contributed by atoms with Crippen molar-refractivity contribution in [3.63, 3.8) is 0 Å². The Bertz CT molecular complexity index is 205. The molecule has 2 heteroatoms. The van der Waals surface area contributed by atoms with Gasteiger partial charge in [-0.05, 0) is 38.4 Å². The Balaban J connectivity index is 2.16. The molecule has 2 unspecified atom stereocenters. The van der Waals surface area contributed by atoms with E-state index in [1.54, 1.807) is 0 Å². The second kappa shape index (κ2) is 10.7. The van der Waals surface area contributed by atoms with Gasteiger partial charge in [-0.3, -0.25) is 0 Å². The number of rotatable bonds is 9. The number of nitrogens with one attached hydrogen (secondary N) is 1. The minimum atomic E-state index is 0.715. The molecule has 1 saturated heterocycles. The number of hydrogen-bond acceptors (Lipinski definition) is 2. The van der Waals surface area contributed by atoms with E-state index < -0.39 is 0 Å². The highest BCUT2D eigenvalue weighted by molar-refractivity contribution is 4.80. The van der Waals surface area contributed by atoms with Gasteiger partial charge >= 0.3 is 0 Å². The van der Waals surface area contributed by atoms with E-state index in [1.807, 2.05) is 0 Å². The molecule has 0 spiro atoms. The van der Waals surface area contributed by atoms with Crippen LogP contribution in [0.1, 0.15) is 72.1 Å². The van der Waals surface area contributed by atoms with Crippen LogP contribution < -0.4 is 5.32 Å². The van der Waals surface area contributed by atoms with Gasteiger partial charge in [0.25, 0.3) is 0 Å². The summed E-state index contributed by atoms with van der Waals surface area (Å²) in [7, 11) is 0. The molecule has 0 amide bonds. The predicted octanol–water partition coefficient (Wildman–Crippen LogP) is 4.06. The zero-order valence-corrected chi connectivity index (χ0v) is 13.6. The molecule has 0 aliphatic carbocycles. The third-order valence-corrected chi connectivity index (χ3v) is 4.67. The van der Waals surface area contributed by atoms with Gasteiger partial charge in [0.05, 0.1) is 0 Å². The van der Waals surface area contributed by atoms with E-state index in [2.05, 4.69) is 31.0 Å². The lowest BCUT2D eigenvalue weighted by atomic mass is 9.99. The van der Waals surface area contributed by atoms with E-state index in [1.165, 1.54) is 77.5 Å². The van der Waals surface area contributed by atoms with E-state index in [0.29, 0.717) is 6.04 Å². The van der Waals surface area contributed by atoms with Gasteiger partial charge in [-0.15, -0.1) is 0 Å². The van der Waals surface area contributed by atoms with Crippen molar-refractivity contribution in [2.75, 3.05) is 26.2 Å². The highest BCUT2D eigenvalue weighted by atomic mass is 15.2. The Kier molecular flexibility index (Phi) is 9.54. The second-order valence-corrected chi connectivity index (χ2v) is 6.37. The van der Waals surface area contributed by atoms with Crippen LogP contribution in [0.2, 0.25) is 0 Å². The third kappa shape index (κ3) is 7.31. The number of unbranched alkanes of at least 4 members (excludes halogenated alkanes) is 5. The molecule has 1 fully saturated rings. The SMILES string of the molecule is CCCCCCCCN1CCCNC(C(C)CC)C1. The molecule has 1 heterocycles. The van der Waals surface area contributed by atoms with E-state index >= 15 is 0 Å². The van der Waals surface area contributed by atoms with Crippen LogP contribution in [0, 0.1) is 5.92 Å². The topological polar surface area (TPSA) is 15.3 Å². The Labute approximate surface area is 121 Å². The molecular formula is C17H36N2. The lowest BCUT2D eigenvalue weighted by molar-refractivity contribution is 0.234. The molecule has 1 N–H and O–H groups in total. The maximum Gasteiger partial charge on any atom is 0.0220 e. The summed E-state index contributed by atoms with van der Waals surface area (Å²) in [5, 5.41) is 3.74. The molecule has 0 saturated carbocycles. The van der Waals surface area contributed by atoms with Crippen molar-refractivity contribution in [1.82, 2.24) is 10.2 Å². The van der Waals surface area contributed by atoms with E-state index in [9.17, 15) is 0 Å². The highest BCUT2D eigenvalue weighted by Crippen LogP contribution is 2.13. The van der Waals surface area contributed by atoms with Crippen molar-refractivity contribution < 1.29 is 0 Å². The fourth-order valence-corrected chi connectivity index (χ4v) is 3.01. The fraction of sp³-hybridized carbons (Fsp3) is 1.00. The van der Waals surface area contributed by atoms with Crippen molar-refractivity contribution in [2.45, 2.75) is 78.2 Å². The molecule has 0 aromatic carbocycles. The van der Waals surface area contributed by atoms with E-state index in [-0.39, 0.29) is 0 Å². The van der Waals surface area contributed by atoms with Crippen LogP contribution in [-0.4, -0.2) is 37.1 Å². The van der Waals surface area contributed by atoms with Gasteiger partial charge in [0.2, 0.25) is 0 Å². The lowest BCUT2D eigenvalue weighted by Gasteiger charge is -2.28. The van der Waals surface area contributed by atoms with Gasteiger partial charge in [-0.1, -0.05) is 59.3 Å². The predicted molar refractivity (Wildman–Crippen MR) is 85.7 cm³/mol. The standard InChI is InChI=1S/C17H36N2/c1-4-6-7-8-9-10-13-19-14-11-12-18-17(15-19)16(3)5-2/h16-18H,4-15H2,1-3H3. The molecule has 0 aromatic rings. The van der Waals surface area contributed by atoms with Crippen molar-refractivity contribution in [1.29, 1.82) is 0 Å². The Morgan fingerprint density at radius 1 is 1.11 bits per heavy atom. The fourth-order valence-electron chi connectivity index (χ4n) is 3.01. The van der Waals surface area contributed by atoms with Crippen LogP contribution in [0.5, 0.6) is 0 Å². The van der Waals surface area contributed by atoms with Gasteiger partial charge in [-0.2, -0.15) is 0 Å². The van der Waals surface area contributed by atoms with Crippen molar-refractivity contribution in [3.8, 4) is 0 Å². The number of hydrogen-bond donors (Lipinski definition) is 1.